The predicted molar refractivity (Wildman–Crippen MR) is 96.3 cm³/mol. The Balaban J connectivity index is 1.74. The molecule has 2 heterocycles. The van der Waals surface area contributed by atoms with Crippen molar-refractivity contribution in [3.63, 3.8) is 0 Å². The number of benzene rings is 2. The van der Waals surface area contributed by atoms with Crippen LogP contribution in [0.25, 0.3) is 6.08 Å². The zero-order valence-electron chi connectivity index (χ0n) is 13.8. The van der Waals surface area contributed by atoms with E-state index in [0.29, 0.717) is 5.76 Å². The highest BCUT2D eigenvalue weighted by molar-refractivity contribution is 6.17. The van der Waals surface area contributed by atoms with Gasteiger partial charge in [0.05, 0.1) is 19.4 Å². The zero-order chi connectivity index (χ0) is 17.2. The highest BCUT2D eigenvalue weighted by Gasteiger charge is 2.43. The summed E-state index contributed by atoms with van der Waals surface area (Å²) in [4.78, 5) is 14.6. The third-order valence-electron chi connectivity index (χ3n) is 4.33. The summed E-state index contributed by atoms with van der Waals surface area (Å²) < 4.78 is 10.6. The van der Waals surface area contributed by atoms with Gasteiger partial charge in [-0.05, 0) is 48.0 Å². The molecule has 0 saturated carbocycles. The number of nitrogens with zero attached hydrogens (tertiary/aromatic N) is 1. The summed E-state index contributed by atoms with van der Waals surface area (Å²) in [5.74, 6) is 1.42. The van der Waals surface area contributed by atoms with Crippen LogP contribution < -0.4 is 9.64 Å². The topological polar surface area (TPSA) is 42.7 Å². The molecule has 1 aliphatic heterocycles. The summed E-state index contributed by atoms with van der Waals surface area (Å²) in [6, 6.07) is 21.0. The molecule has 3 aromatic rings. The molecule has 1 saturated heterocycles. The maximum atomic E-state index is 12.8. The van der Waals surface area contributed by atoms with Crippen LogP contribution in [-0.4, -0.2) is 13.0 Å². The van der Waals surface area contributed by atoms with Gasteiger partial charge in [0.15, 0.2) is 0 Å². The number of β-lactam (4-membered cyclic amide) rings is 1. The van der Waals surface area contributed by atoms with E-state index in [1.807, 2.05) is 72.8 Å². The number of hydrogen-bond acceptors (Lipinski definition) is 3. The molecule has 4 rings (SSSR count). The number of anilines is 1. The highest BCUT2D eigenvalue weighted by atomic mass is 16.5. The number of amides is 1. The molecule has 1 aromatic heterocycles. The largest absolute Gasteiger partial charge is 0.497 e. The SMILES string of the molecule is COc1ccc(N2C(=O)/C(=C\c3ccco3)C2c2ccccc2)cc1. The monoisotopic (exact) mass is 331 g/mol. The van der Waals surface area contributed by atoms with Gasteiger partial charge in [-0.2, -0.15) is 0 Å². The molecule has 4 heteroatoms. The van der Waals surface area contributed by atoms with Crippen molar-refractivity contribution in [1.29, 1.82) is 0 Å². The van der Waals surface area contributed by atoms with E-state index in [2.05, 4.69) is 0 Å². The summed E-state index contributed by atoms with van der Waals surface area (Å²) in [7, 11) is 1.63. The lowest BCUT2D eigenvalue weighted by Gasteiger charge is -2.43. The average Bonchev–Trinajstić information content (AvgIpc) is 3.18. The van der Waals surface area contributed by atoms with Gasteiger partial charge in [0, 0.05) is 11.3 Å². The number of carbonyl (C=O) groups is 1. The second kappa shape index (κ2) is 6.32. The molecule has 1 aliphatic rings. The van der Waals surface area contributed by atoms with Crippen molar-refractivity contribution in [3.8, 4) is 5.75 Å². The minimum absolute atomic E-state index is 0.0181. The van der Waals surface area contributed by atoms with Crippen LogP contribution in [0.15, 0.2) is 83.0 Å². The third-order valence-corrected chi connectivity index (χ3v) is 4.33. The van der Waals surface area contributed by atoms with Gasteiger partial charge in [-0.3, -0.25) is 9.69 Å². The molecule has 4 nitrogen and oxygen atoms in total. The van der Waals surface area contributed by atoms with Crippen LogP contribution in [0.1, 0.15) is 17.4 Å². The molecule has 0 bridgehead atoms. The third kappa shape index (κ3) is 2.72. The average molecular weight is 331 g/mol. The smallest absolute Gasteiger partial charge is 0.257 e. The van der Waals surface area contributed by atoms with E-state index in [-0.39, 0.29) is 11.9 Å². The Bertz CT molecular complexity index is 896. The van der Waals surface area contributed by atoms with E-state index >= 15 is 0 Å². The lowest BCUT2D eigenvalue weighted by Crippen LogP contribution is -2.49. The second-order valence-electron chi connectivity index (χ2n) is 5.80. The van der Waals surface area contributed by atoms with Crippen molar-refractivity contribution < 1.29 is 13.9 Å². The molecule has 0 radical (unpaired) electrons. The number of carbonyl (C=O) groups excluding carboxylic acids is 1. The predicted octanol–water partition coefficient (Wildman–Crippen LogP) is 4.46. The summed E-state index contributed by atoms with van der Waals surface area (Å²) in [6.45, 7) is 0. The van der Waals surface area contributed by atoms with Gasteiger partial charge >= 0.3 is 0 Å². The van der Waals surface area contributed by atoms with Crippen LogP contribution >= 0.6 is 0 Å². The Kier molecular flexibility index (Phi) is 3.86. The van der Waals surface area contributed by atoms with E-state index in [9.17, 15) is 4.79 Å². The van der Waals surface area contributed by atoms with Crippen molar-refractivity contribution >= 4 is 17.7 Å². The van der Waals surface area contributed by atoms with Gasteiger partial charge < -0.3 is 9.15 Å². The lowest BCUT2D eigenvalue weighted by atomic mass is 9.86. The van der Waals surface area contributed by atoms with Gasteiger partial charge in [-0.1, -0.05) is 30.3 Å². The number of hydrogen-bond donors (Lipinski definition) is 0. The maximum absolute atomic E-state index is 12.8. The molecule has 0 spiro atoms. The Hall–Kier alpha value is -3.27. The normalized spacial score (nSPS) is 18.3. The summed E-state index contributed by atoms with van der Waals surface area (Å²) in [5.41, 5.74) is 2.63. The molecule has 124 valence electrons. The van der Waals surface area contributed by atoms with Gasteiger partial charge in [-0.25, -0.2) is 0 Å². The van der Waals surface area contributed by atoms with Gasteiger partial charge in [0.2, 0.25) is 0 Å². The van der Waals surface area contributed by atoms with Crippen LogP contribution in [0.2, 0.25) is 0 Å². The lowest BCUT2D eigenvalue weighted by molar-refractivity contribution is -0.118. The fraction of sp³-hybridized carbons (Fsp3) is 0.0952. The zero-order valence-corrected chi connectivity index (χ0v) is 13.8. The molecule has 0 N–H and O–H groups in total. The van der Waals surface area contributed by atoms with Crippen LogP contribution in [0, 0.1) is 0 Å². The quantitative estimate of drug-likeness (QED) is 0.523. The van der Waals surface area contributed by atoms with Crippen molar-refractivity contribution in [2.24, 2.45) is 0 Å². The van der Waals surface area contributed by atoms with Crippen molar-refractivity contribution in [3.05, 3.63) is 89.9 Å². The number of methoxy groups -OCH3 is 1. The molecule has 1 atom stereocenters. The van der Waals surface area contributed by atoms with E-state index in [1.165, 1.54) is 0 Å². The first-order chi connectivity index (χ1) is 12.3. The van der Waals surface area contributed by atoms with E-state index < -0.39 is 0 Å². The summed E-state index contributed by atoms with van der Waals surface area (Å²) >= 11 is 0. The molecule has 2 aromatic carbocycles. The fourth-order valence-corrected chi connectivity index (χ4v) is 3.09. The summed E-state index contributed by atoms with van der Waals surface area (Å²) in [6.07, 6.45) is 3.42. The minimum atomic E-state index is -0.132. The first kappa shape index (κ1) is 15.3. The molecule has 1 unspecified atom stereocenters. The highest BCUT2D eigenvalue weighted by Crippen LogP contribution is 2.44. The Morgan fingerprint density at radius 3 is 2.40 bits per heavy atom. The molecule has 1 fully saturated rings. The fourth-order valence-electron chi connectivity index (χ4n) is 3.09. The van der Waals surface area contributed by atoms with E-state index in [1.54, 1.807) is 18.3 Å². The van der Waals surface area contributed by atoms with Gasteiger partial charge in [-0.15, -0.1) is 0 Å². The minimum Gasteiger partial charge on any atom is -0.497 e. The van der Waals surface area contributed by atoms with Crippen molar-refractivity contribution in [2.75, 3.05) is 12.0 Å². The van der Waals surface area contributed by atoms with Crippen molar-refractivity contribution in [2.45, 2.75) is 6.04 Å². The molecule has 0 aliphatic carbocycles. The van der Waals surface area contributed by atoms with Gasteiger partial charge in [0.1, 0.15) is 11.5 Å². The second-order valence-corrected chi connectivity index (χ2v) is 5.80. The Morgan fingerprint density at radius 1 is 1.00 bits per heavy atom. The number of furan rings is 1. The standard InChI is InChI=1S/C21H17NO3/c1-24-17-11-9-16(10-12-17)22-20(15-6-3-2-4-7-15)19(21(22)23)14-18-8-5-13-25-18/h2-14,20H,1H3/b19-14-. The van der Waals surface area contributed by atoms with E-state index in [4.69, 9.17) is 9.15 Å². The Labute approximate surface area is 146 Å². The van der Waals surface area contributed by atoms with Crippen LogP contribution in [-0.2, 0) is 4.79 Å². The van der Waals surface area contributed by atoms with Crippen LogP contribution in [0.5, 0.6) is 5.75 Å². The molecule has 25 heavy (non-hydrogen) atoms. The summed E-state index contributed by atoms with van der Waals surface area (Å²) in [5, 5.41) is 0. The maximum Gasteiger partial charge on any atom is 0.257 e. The van der Waals surface area contributed by atoms with E-state index in [0.717, 1.165) is 22.6 Å². The van der Waals surface area contributed by atoms with Crippen LogP contribution in [0.3, 0.4) is 0 Å². The number of ether oxygens (including phenoxy) is 1. The van der Waals surface area contributed by atoms with Gasteiger partial charge in [0.25, 0.3) is 5.91 Å². The molecule has 1 amide bonds. The Morgan fingerprint density at radius 2 is 1.76 bits per heavy atom. The number of rotatable bonds is 4. The first-order valence-electron chi connectivity index (χ1n) is 8.05. The van der Waals surface area contributed by atoms with Crippen LogP contribution in [0.4, 0.5) is 5.69 Å². The first-order valence-corrected chi connectivity index (χ1v) is 8.05. The molecular weight excluding hydrogens is 314 g/mol. The van der Waals surface area contributed by atoms with Crippen molar-refractivity contribution in [1.82, 2.24) is 0 Å². The molecular formula is C21H17NO3.